The lowest BCUT2D eigenvalue weighted by Gasteiger charge is -2.43. The summed E-state index contributed by atoms with van der Waals surface area (Å²) in [5.74, 6) is 1.16. The van der Waals surface area contributed by atoms with E-state index in [9.17, 15) is 0 Å². The van der Waals surface area contributed by atoms with Gasteiger partial charge in [-0.2, -0.15) is 0 Å². The number of anilines is 1. The number of hydrogen-bond donors (Lipinski definition) is 0. The van der Waals surface area contributed by atoms with Crippen LogP contribution >= 0.6 is 0 Å². The fourth-order valence-electron chi connectivity index (χ4n) is 5.14. The zero-order chi connectivity index (χ0) is 18.9. The highest BCUT2D eigenvalue weighted by Crippen LogP contribution is 2.30. The zero-order valence-electron chi connectivity index (χ0n) is 17.2. The Morgan fingerprint density at radius 3 is 2.41 bits per heavy atom. The number of quaternary nitrogens is 1. The van der Waals surface area contributed by atoms with E-state index >= 15 is 0 Å². The van der Waals surface area contributed by atoms with Crippen LogP contribution in [0.15, 0.2) is 42.5 Å². The summed E-state index contributed by atoms with van der Waals surface area (Å²) in [6.45, 7) is 4.54. The van der Waals surface area contributed by atoms with E-state index in [-0.39, 0.29) is 0 Å². The van der Waals surface area contributed by atoms with Gasteiger partial charge in [0.1, 0.15) is 5.82 Å². The van der Waals surface area contributed by atoms with Gasteiger partial charge in [0.15, 0.2) is 0 Å². The number of hydrogen-bond acceptors (Lipinski definition) is 2. The van der Waals surface area contributed by atoms with E-state index in [0.717, 1.165) is 36.9 Å². The summed E-state index contributed by atoms with van der Waals surface area (Å²) >= 11 is 0. The van der Waals surface area contributed by atoms with Gasteiger partial charge in [-0.25, -0.2) is 4.98 Å². The van der Waals surface area contributed by atoms with Gasteiger partial charge in [-0.15, -0.1) is 0 Å². The van der Waals surface area contributed by atoms with Crippen LogP contribution in [0.25, 0.3) is 0 Å². The first-order valence-electron chi connectivity index (χ1n) is 10.6. The normalized spacial score (nSPS) is 21.8. The molecule has 27 heavy (non-hydrogen) atoms. The van der Waals surface area contributed by atoms with E-state index in [4.69, 9.17) is 4.98 Å². The molecule has 144 valence electrons. The van der Waals surface area contributed by atoms with Crippen LogP contribution in [0.5, 0.6) is 0 Å². The van der Waals surface area contributed by atoms with Crippen LogP contribution in [0, 0.1) is 6.92 Å². The largest absolute Gasteiger partial charge is 0.353 e. The molecule has 1 atom stereocenters. The molecular weight excluding hydrogens is 330 g/mol. The van der Waals surface area contributed by atoms with Gasteiger partial charge in [0.05, 0.1) is 26.7 Å². The van der Waals surface area contributed by atoms with Crippen molar-refractivity contribution >= 4 is 5.82 Å². The molecule has 1 saturated heterocycles. The number of aryl methyl sites for hydroxylation is 1. The average molecular weight is 365 g/mol. The van der Waals surface area contributed by atoms with Gasteiger partial charge in [0.25, 0.3) is 0 Å². The topological polar surface area (TPSA) is 16.1 Å². The summed E-state index contributed by atoms with van der Waals surface area (Å²) in [5.41, 5.74) is 4.16. The Morgan fingerprint density at radius 1 is 1.00 bits per heavy atom. The molecule has 0 spiro atoms. The van der Waals surface area contributed by atoms with Gasteiger partial charge in [0, 0.05) is 24.7 Å². The van der Waals surface area contributed by atoms with Gasteiger partial charge >= 0.3 is 0 Å². The van der Waals surface area contributed by atoms with Crippen molar-refractivity contribution in [3.63, 3.8) is 0 Å². The highest BCUT2D eigenvalue weighted by atomic mass is 15.3. The van der Waals surface area contributed by atoms with Crippen molar-refractivity contribution in [2.45, 2.75) is 57.5 Å². The third-order valence-electron chi connectivity index (χ3n) is 6.85. The molecule has 1 fully saturated rings. The lowest BCUT2D eigenvalue weighted by Crippen LogP contribution is -2.53. The summed E-state index contributed by atoms with van der Waals surface area (Å²) in [6, 6.07) is 16.7. The van der Waals surface area contributed by atoms with Crippen LogP contribution in [0.4, 0.5) is 5.82 Å². The monoisotopic (exact) mass is 364 g/mol. The summed E-state index contributed by atoms with van der Waals surface area (Å²) < 4.78 is 1.18. The van der Waals surface area contributed by atoms with E-state index in [2.05, 4.69) is 68.4 Å². The maximum Gasteiger partial charge on any atom is 0.129 e. The lowest BCUT2D eigenvalue weighted by atomic mass is 9.97. The van der Waals surface area contributed by atoms with Gasteiger partial charge in [-0.3, -0.25) is 0 Å². The van der Waals surface area contributed by atoms with Crippen LogP contribution in [-0.2, 0) is 12.8 Å². The third-order valence-corrected chi connectivity index (χ3v) is 6.85. The van der Waals surface area contributed by atoms with Gasteiger partial charge in [-0.1, -0.05) is 30.3 Å². The molecule has 1 aromatic carbocycles. The maximum atomic E-state index is 4.90. The fraction of sp³-hybridized carbons (Fsp3) is 0.542. The molecule has 1 aromatic heterocycles. The summed E-state index contributed by atoms with van der Waals surface area (Å²) in [6.07, 6.45) is 7.69. The number of fused-ring (bicyclic) bond motifs is 1. The third kappa shape index (κ3) is 4.03. The van der Waals surface area contributed by atoms with Gasteiger partial charge in [-0.05, 0) is 62.3 Å². The van der Waals surface area contributed by atoms with Gasteiger partial charge < -0.3 is 9.38 Å². The molecule has 2 heterocycles. The van der Waals surface area contributed by atoms with Crippen molar-refractivity contribution in [3.8, 4) is 0 Å². The van der Waals surface area contributed by atoms with Crippen LogP contribution in [0.3, 0.4) is 0 Å². The van der Waals surface area contributed by atoms with Crippen LogP contribution in [0.1, 0.15) is 42.5 Å². The second-order valence-electron chi connectivity index (χ2n) is 9.10. The Kier molecular flexibility index (Phi) is 5.23. The second-order valence-corrected chi connectivity index (χ2v) is 9.10. The molecule has 3 heteroatoms. The molecule has 0 N–H and O–H groups in total. The summed E-state index contributed by atoms with van der Waals surface area (Å²) in [4.78, 5) is 7.51. The zero-order valence-corrected chi connectivity index (χ0v) is 17.2. The first-order chi connectivity index (χ1) is 13.0. The molecule has 1 aliphatic heterocycles. The number of piperidine rings is 1. The smallest absolute Gasteiger partial charge is 0.129 e. The number of nitrogens with zero attached hydrogens (tertiary/aromatic N) is 3. The Labute approximate surface area is 164 Å². The number of benzene rings is 1. The molecule has 0 bridgehead atoms. The Bertz CT molecular complexity index is 758. The van der Waals surface area contributed by atoms with Crippen molar-refractivity contribution in [2.24, 2.45) is 0 Å². The molecule has 2 aromatic rings. The van der Waals surface area contributed by atoms with Crippen molar-refractivity contribution in [2.75, 3.05) is 32.1 Å². The van der Waals surface area contributed by atoms with Crippen LogP contribution < -0.4 is 4.90 Å². The predicted octanol–water partition coefficient (Wildman–Crippen LogP) is 4.38. The van der Waals surface area contributed by atoms with Gasteiger partial charge in [0.2, 0.25) is 0 Å². The van der Waals surface area contributed by atoms with E-state index in [0.29, 0.717) is 6.04 Å². The highest BCUT2D eigenvalue weighted by molar-refractivity contribution is 5.45. The quantitative estimate of drug-likeness (QED) is 0.732. The Balaban J connectivity index is 1.54. The summed E-state index contributed by atoms with van der Waals surface area (Å²) in [5, 5.41) is 0. The van der Waals surface area contributed by atoms with E-state index in [1.807, 2.05) is 0 Å². The second kappa shape index (κ2) is 7.63. The molecular formula is C24H34N3+. The Hall–Kier alpha value is -1.87. The number of rotatable bonds is 5. The van der Waals surface area contributed by atoms with Crippen molar-refractivity contribution in [3.05, 3.63) is 59.3 Å². The van der Waals surface area contributed by atoms with E-state index in [1.165, 1.54) is 47.8 Å². The fourth-order valence-corrected chi connectivity index (χ4v) is 5.14. The van der Waals surface area contributed by atoms with Crippen molar-refractivity contribution in [1.82, 2.24) is 4.98 Å². The highest BCUT2D eigenvalue weighted by Gasteiger charge is 2.33. The molecule has 3 nitrogen and oxygen atoms in total. The lowest BCUT2D eigenvalue weighted by molar-refractivity contribution is -0.920. The first-order valence-corrected chi connectivity index (χ1v) is 10.6. The Morgan fingerprint density at radius 2 is 1.74 bits per heavy atom. The predicted molar refractivity (Wildman–Crippen MR) is 113 cm³/mol. The maximum absolute atomic E-state index is 4.90. The minimum atomic E-state index is 0.538. The molecule has 2 aliphatic rings. The molecule has 4 rings (SSSR count). The SMILES string of the molecule is Cc1cccc(N(CCC2CCCC[N+]2(C)C)C2Cc3ccccc3C2)n1. The number of pyridine rings is 1. The molecule has 0 saturated carbocycles. The van der Waals surface area contributed by atoms with E-state index < -0.39 is 0 Å². The number of aromatic nitrogens is 1. The number of likely N-dealkylation sites (tertiary alicyclic amines) is 1. The van der Waals surface area contributed by atoms with Crippen LogP contribution in [-0.4, -0.2) is 48.7 Å². The van der Waals surface area contributed by atoms with E-state index in [1.54, 1.807) is 0 Å². The standard InChI is InChI=1S/C24H34N3/c1-19-9-8-13-24(25-19)26(15-14-23-12-6-7-16-27(23,2)3)22-17-20-10-4-5-11-21(20)18-22/h4-5,8-11,13,22-23H,6-7,12,14-18H2,1-3H3/q+1. The van der Waals surface area contributed by atoms with Crippen molar-refractivity contribution in [1.29, 1.82) is 0 Å². The average Bonchev–Trinajstić information content (AvgIpc) is 3.07. The first kappa shape index (κ1) is 18.5. The molecule has 1 unspecified atom stereocenters. The minimum Gasteiger partial charge on any atom is -0.353 e. The van der Waals surface area contributed by atoms with Crippen molar-refractivity contribution < 1.29 is 4.48 Å². The molecule has 0 radical (unpaired) electrons. The summed E-state index contributed by atoms with van der Waals surface area (Å²) in [7, 11) is 4.84. The van der Waals surface area contributed by atoms with Crippen LogP contribution in [0.2, 0.25) is 0 Å². The molecule has 0 amide bonds. The molecule has 1 aliphatic carbocycles. The minimum absolute atomic E-state index is 0.538.